The number of amides is 2. The summed E-state index contributed by atoms with van der Waals surface area (Å²) in [7, 11) is 1.74. The predicted octanol–water partition coefficient (Wildman–Crippen LogP) is 5.50. The number of nitrogens with one attached hydrogen (secondary N) is 2. The Bertz CT molecular complexity index is 1470. The van der Waals surface area contributed by atoms with Crippen LogP contribution in [0.4, 0.5) is 35.0 Å². The van der Waals surface area contributed by atoms with Crippen molar-refractivity contribution in [2.75, 3.05) is 41.8 Å². The van der Waals surface area contributed by atoms with Gasteiger partial charge in [0.2, 0.25) is 5.91 Å². The van der Waals surface area contributed by atoms with Crippen molar-refractivity contribution in [3.63, 3.8) is 0 Å². The van der Waals surface area contributed by atoms with Crippen LogP contribution in [0.1, 0.15) is 43.1 Å². The molecule has 0 aliphatic carbocycles. The number of aryl methyl sites for hydroxylation is 1. The minimum Gasteiger partial charge on any atom is -0.444 e. The van der Waals surface area contributed by atoms with Gasteiger partial charge in [0, 0.05) is 43.1 Å². The molecule has 2 heterocycles. The Morgan fingerprint density at radius 3 is 2.36 bits per heavy atom. The summed E-state index contributed by atoms with van der Waals surface area (Å²) in [6.07, 6.45) is -5.05. The molecule has 2 aromatic carbocycles. The van der Waals surface area contributed by atoms with Crippen LogP contribution in [0.3, 0.4) is 0 Å². The van der Waals surface area contributed by atoms with Crippen LogP contribution in [-0.2, 0) is 27.5 Å². The van der Waals surface area contributed by atoms with Crippen molar-refractivity contribution in [3.05, 3.63) is 59.8 Å². The van der Waals surface area contributed by atoms with Crippen LogP contribution in [0.25, 0.3) is 11.3 Å². The van der Waals surface area contributed by atoms with E-state index in [0.29, 0.717) is 31.9 Å². The van der Waals surface area contributed by atoms with Crippen molar-refractivity contribution in [1.29, 1.82) is 0 Å². The summed E-state index contributed by atoms with van der Waals surface area (Å²) in [5.41, 5.74) is -1.32. The predicted molar refractivity (Wildman–Crippen MR) is 151 cm³/mol. The van der Waals surface area contributed by atoms with E-state index in [-0.39, 0.29) is 16.9 Å². The van der Waals surface area contributed by atoms with Gasteiger partial charge in [-0.05, 0) is 45.0 Å². The zero-order valence-corrected chi connectivity index (χ0v) is 23.7. The average molecular weight is 588 g/mol. The number of morpholine rings is 1. The Labute approximate surface area is 240 Å². The van der Waals surface area contributed by atoms with Crippen LogP contribution in [0, 0.1) is 0 Å². The monoisotopic (exact) mass is 587 g/mol. The number of anilines is 3. The number of hydrogen-bond acceptors (Lipinski definition) is 7. The summed E-state index contributed by atoms with van der Waals surface area (Å²) in [6, 6.07) is 10.5. The molecule has 0 atom stereocenters. The Kier molecular flexibility index (Phi) is 8.90. The van der Waals surface area contributed by atoms with E-state index in [1.165, 1.54) is 12.1 Å². The fraction of sp³-hybridized carbons (Fsp3) is 0.379. The van der Waals surface area contributed by atoms with E-state index in [2.05, 4.69) is 15.7 Å². The van der Waals surface area contributed by atoms with Crippen LogP contribution in [0.2, 0.25) is 0 Å². The molecule has 1 aliphatic rings. The lowest BCUT2D eigenvalue weighted by molar-refractivity contribution is -0.136. The van der Waals surface area contributed by atoms with Crippen LogP contribution < -0.4 is 15.5 Å². The SMILES string of the molecule is Cn1nccc1-c1cccc(C(=O)CC(=O)Nc2c(NC(=O)OC(C)(C)C)cc(N3CCOCC3)cc2C(F)(F)F)c1. The number of aromatic nitrogens is 2. The summed E-state index contributed by atoms with van der Waals surface area (Å²) >= 11 is 0. The zero-order valence-electron chi connectivity index (χ0n) is 23.7. The van der Waals surface area contributed by atoms with E-state index in [1.54, 1.807) is 67.9 Å². The number of ketones is 1. The lowest BCUT2D eigenvalue weighted by Gasteiger charge is -2.31. The molecule has 0 saturated carbocycles. The fourth-order valence-electron chi connectivity index (χ4n) is 4.44. The van der Waals surface area contributed by atoms with Crippen molar-refractivity contribution < 1.29 is 37.0 Å². The van der Waals surface area contributed by atoms with Gasteiger partial charge >= 0.3 is 12.3 Å². The normalized spacial score (nSPS) is 13.9. The second-order valence-corrected chi connectivity index (χ2v) is 10.7. The lowest BCUT2D eigenvalue weighted by Crippen LogP contribution is -2.36. The quantitative estimate of drug-likeness (QED) is 0.277. The minimum absolute atomic E-state index is 0.178. The highest BCUT2D eigenvalue weighted by atomic mass is 19.4. The van der Waals surface area contributed by atoms with Crippen molar-refractivity contribution >= 4 is 34.8 Å². The Morgan fingerprint density at radius 1 is 1.02 bits per heavy atom. The van der Waals surface area contributed by atoms with E-state index in [4.69, 9.17) is 9.47 Å². The molecule has 4 rings (SSSR count). The number of halogens is 3. The first kappa shape index (κ1) is 30.6. The van der Waals surface area contributed by atoms with E-state index in [0.717, 1.165) is 11.8 Å². The van der Waals surface area contributed by atoms with Gasteiger partial charge in [-0.25, -0.2) is 4.79 Å². The molecule has 13 heteroatoms. The smallest absolute Gasteiger partial charge is 0.418 e. The maximum absolute atomic E-state index is 14.4. The fourth-order valence-corrected chi connectivity index (χ4v) is 4.44. The first-order valence-corrected chi connectivity index (χ1v) is 13.2. The van der Waals surface area contributed by atoms with Gasteiger partial charge in [-0.3, -0.25) is 19.6 Å². The molecule has 0 radical (unpaired) electrons. The Balaban J connectivity index is 1.64. The highest BCUT2D eigenvalue weighted by Gasteiger charge is 2.37. The van der Waals surface area contributed by atoms with Gasteiger partial charge < -0.3 is 19.7 Å². The zero-order chi connectivity index (χ0) is 30.7. The number of alkyl halides is 3. The molecular formula is C29H32F3N5O5. The number of rotatable bonds is 7. The highest BCUT2D eigenvalue weighted by molar-refractivity contribution is 6.12. The topological polar surface area (TPSA) is 115 Å². The van der Waals surface area contributed by atoms with E-state index in [9.17, 15) is 27.6 Å². The number of hydrogen-bond donors (Lipinski definition) is 2. The first-order valence-electron chi connectivity index (χ1n) is 13.2. The molecule has 2 amide bonds. The number of carbonyl (C=O) groups excluding carboxylic acids is 3. The number of Topliss-reactive ketones (excluding diaryl/α,β-unsaturated/α-hetero) is 1. The van der Waals surface area contributed by atoms with Crippen molar-refractivity contribution in [2.24, 2.45) is 7.05 Å². The molecule has 0 unspecified atom stereocenters. The highest BCUT2D eigenvalue weighted by Crippen LogP contribution is 2.42. The van der Waals surface area contributed by atoms with Crippen molar-refractivity contribution in [1.82, 2.24) is 9.78 Å². The third-order valence-corrected chi connectivity index (χ3v) is 6.33. The van der Waals surface area contributed by atoms with Gasteiger partial charge in [0.05, 0.1) is 42.3 Å². The van der Waals surface area contributed by atoms with Gasteiger partial charge in [0.15, 0.2) is 5.78 Å². The molecule has 1 saturated heterocycles. The van der Waals surface area contributed by atoms with Crippen LogP contribution in [-0.4, -0.2) is 59.5 Å². The second kappa shape index (κ2) is 12.2. The largest absolute Gasteiger partial charge is 0.444 e. The second-order valence-electron chi connectivity index (χ2n) is 10.7. The molecule has 2 N–H and O–H groups in total. The van der Waals surface area contributed by atoms with Gasteiger partial charge in [-0.2, -0.15) is 18.3 Å². The molecule has 10 nitrogen and oxygen atoms in total. The maximum atomic E-state index is 14.4. The standard InChI is InChI=1S/C29H32F3N5O5/c1-28(2,3)42-27(40)34-22-16-20(37-10-12-41-13-11-37)15-21(29(30,31)32)26(22)35-25(39)17-24(38)19-7-5-6-18(14-19)23-8-9-33-36(23)4/h5-9,14-16H,10-13,17H2,1-4H3,(H,34,40)(H,35,39). The number of ether oxygens (including phenoxy) is 2. The third-order valence-electron chi connectivity index (χ3n) is 6.33. The van der Waals surface area contributed by atoms with Crippen LogP contribution in [0.5, 0.6) is 0 Å². The number of carbonyl (C=O) groups is 3. The summed E-state index contributed by atoms with van der Waals surface area (Å²) in [5, 5.41) is 8.68. The molecule has 1 aliphatic heterocycles. The molecule has 42 heavy (non-hydrogen) atoms. The van der Waals surface area contributed by atoms with Crippen LogP contribution >= 0.6 is 0 Å². The molecular weight excluding hydrogens is 555 g/mol. The Morgan fingerprint density at radius 2 is 1.74 bits per heavy atom. The summed E-state index contributed by atoms with van der Waals surface area (Å²) in [5.74, 6) is -1.58. The van der Waals surface area contributed by atoms with Gasteiger partial charge in [0.1, 0.15) is 5.60 Å². The lowest BCUT2D eigenvalue weighted by atomic mass is 10.0. The molecule has 224 valence electrons. The van der Waals surface area contributed by atoms with Crippen LogP contribution in [0.15, 0.2) is 48.7 Å². The summed E-state index contributed by atoms with van der Waals surface area (Å²) in [4.78, 5) is 40.3. The number of nitrogens with zero attached hydrogens (tertiary/aromatic N) is 3. The van der Waals surface area contributed by atoms with E-state index in [1.807, 2.05) is 0 Å². The van der Waals surface area contributed by atoms with Gasteiger partial charge in [-0.1, -0.05) is 18.2 Å². The van der Waals surface area contributed by atoms with Gasteiger partial charge in [-0.15, -0.1) is 0 Å². The third kappa shape index (κ3) is 7.66. The molecule has 0 spiro atoms. The van der Waals surface area contributed by atoms with E-state index >= 15 is 0 Å². The van der Waals surface area contributed by atoms with E-state index < -0.39 is 47.2 Å². The maximum Gasteiger partial charge on any atom is 0.418 e. The van der Waals surface area contributed by atoms with Crippen molar-refractivity contribution in [2.45, 2.75) is 39.0 Å². The summed E-state index contributed by atoms with van der Waals surface area (Å²) < 4.78 is 55.3. The first-order chi connectivity index (χ1) is 19.7. The Hall–Kier alpha value is -4.39. The average Bonchev–Trinajstić information content (AvgIpc) is 3.34. The molecule has 1 fully saturated rings. The van der Waals surface area contributed by atoms with Gasteiger partial charge in [0.25, 0.3) is 0 Å². The molecule has 1 aromatic heterocycles. The number of benzene rings is 2. The van der Waals surface area contributed by atoms with Crippen molar-refractivity contribution in [3.8, 4) is 11.3 Å². The molecule has 3 aromatic rings. The molecule has 0 bridgehead atoms. The summed E-state index contributed by atoms with van der Waals surface area (Å²) in [6.45, 7) is 6.13. The minimum atomic E-state index is -4.91.